The Kier molecular flexibility index (Phi) is 14.8. The first kappa shape index (κ1) is 47.1. The highest BCUT2D eigenvalue weighted by atomic mass is 19.4. The molecule has 3 aliphatic heterocycles. The van der Waals surface area contributed by atoms with Crippen LogP contribution in [0.4, 0.5) is 29.5 Å². The topological polar surface area (TPSA) is 134 Å². The number of morpholine rings is 1. The molecule has 1 aromatic heterocycles. The molecule has 2 atom stereocenters. The number of alkyl halides is 3. The first-order chi connectivity index (χ1) is 31.1. The Bertz CT molecular complexity index is 2320. The van der Waals surface area contributed by atoms with Gasteiger partial charge in [-0.15, -0.1) is 0 Å². The lowest BCUT2D eigenvalue weighted by atomic mass is 9.82. The van der Waals surface area contributed by atoms with Gasteiger partial charge in [0.1, 0.15) is 17.2 Å². The molecule has 4 aromatic rings. The smallest absolute Gasteiger partial charge is 0.416 e. The second-order valence-corrected chi connectivity index (χ2v) is 17.6. The summed E-state index contributed by atoms with van der Waals surface area (Å²) in [5.74, 6) is -0.0256. The van der Waals surface area contributed by atoms with Gasteiger partial charge in [0.25, 0.3) is 11.8 Å². The van der Waals surface area contributed by atoms with Crippen molar-refractivity contribution < 1.29 is 41.8 Å². The number of nitrogens with one attached hydrogen (secondary N) is 2. The summed E-state index contributed by atoms with van der Waals surface area (Å²) in [5, 5.41) is 10.9. The van der Waals surface area contributed by atoms with Crippen LogP contribution >= 0.6 is 0 Å². The third-order valence-corrected chi connectivity index (χ3v) is 11.7. The summed E-state index contributed by atoms with van der Waals surface area (Å²) in [4.78, 5) is 48.0. The predicted molar refractivity (Wildman–Crippen MR) is 242 cm³/mol. The van der Waals surface area contributed by atoms with E-state index in [2.05, 4.69) is 31.9 Å². The Labute approximate surface area is 378 Å². The van der Waals surface area contributed by atoms with Crippen LogP contribution in [0.5, 0.6) is 5.75 Å². The molecule has 0 bridgehead atoms. The molecule has 7 rings (SSSR count). The number of halogens is 3. The zero-order chi connectivity index (χ0) is 46.3. The van der Waals surface area contributed by atoms with Crippen molar-refractivity contribution >= 4 is 29.4 Å². The number of rotatable bonds is 14. The second kappa shape index (κ2) is 20.5. The number of carbonyl (C=O) groups is 3. The molecule has 348 valence electrons. The van der Waals surface area contributed by atoms with E-state index in [0.29, 0.717) is 82.6 Å². The Morgan fingerprint density at radius 3 is 2.37 bits per heavy atom. The van der Waals surface area contributed by atoms with Gasteiger partial charge in [-0.2, -0.15) is 18.3 Å². The maximum atomic E-state index is 13.8. The molecule has 0 saturated carbocycles. The van der Waals surface area contributed by atoms with Crippen LogP contribution in [-0.4, -0.2) is 139 Å². The lowest BCUT2D eigenvalue weighted by Gasteiger charge is -2.40. The first-order valence-corrected chi connectivity index (χ1v) is 22.2. The highest BCUT2D eigenvalue weighted by Gasteiger charge is 2.39. The van der Waals surface area contributed by atoms with Crippen molar-refractivity contribution in [1.82, 2.24) is 29.8 Å². The van der Waals surface area contributed by atoms with E-state index in [-0.39, 0.29) is 17.6 Å². The fourth-order valence-electron chi connectivity index (χ4n) is 8.43. The monoisotopic (exact) mass is 900 g/mol. The highest BCUT2D eigenvalue weighted by molar-refractivity contribution is 6.03. The van der Waals surface area contributed by atoms with Crippen molar-refractivity contribution in [3.63, 3.8) is 0 Å². The van der Waals surface area contributed by atoms with Gasteiger partial charge < -0.3 is 34.6 Å². The largest absolute Gasteiger partial charge is 0.493 e. The third kappa shape index (κ3) is 12.1. The zero-order valence-electron chi connectivity index (χ0n) is 37.5. The maximum Gasteiger partial charge on any atom is 0.416 e. The third-order valence-electron chi connectivity index (χ3n) is 11.7. The molecule has 3 aliphatic rings. The standard InChI is InChI=1S/C48H59F3N8O6/c1-6-57-32-41(54-44(61)35-12-7-13-36(27-35)48(49,50)51)42(34-11-8-14-37(28-34)53-43(60)33(2)31-56-22-25-63-26-23-56)40-30-52-59(45(40)57)38-15-9-16-39(29-38)64-24-10-17-55-18-20-58(21-19-55)46(62)65-47(3,4)5/h7-9,11-16,27-30,41-42H,2,6,10,17-26,31-32H2,1,3-5H3,(H,53,60)(H,54,61)/t41-,42-/m1/s1. The lowest BCUT2D eigenvalue weighted by molar-refractivity contribution is -0.137. The molecule has 3 aromatic carbocycles. The number of carbonyl (C=O) groups excluding carboxylic acids is 3. The van der Waals surface area contributed by atoms with E-state index in [1.54, 1.807) is 17.2 Å². The van der Waals surface area contributed by atoms with Gasteiger partial charge in [-0.1, -0.05) is 30.8 Å². The quantitative estimate of drug-likeness (QED) is 0.103. The van der Waals surface area contributed by atoms with Gasteiger partial charge in [-0.3, -0.25) is 19.4 Å². The second-order valence-electron chi connectivity index (χ2n) is 17.6. The molecule has 0 radical (unpaired) electrons. The Morgan fingerprint density at radius 1 is 0.908 bits per heavy atom. The predicted octanol–water partition coefficient (Wildman–Crippen LogP) is 6.81. The average Bonchev–Trinajstić information content (AvgIpc) is 3.72. The van der Waals surface area contributed by atoms with Crippen molar-refractivity contribution in [3.05, 3.63) is 113 Å². The molecule has 0 unspecified atom stereocenters. The van der Waals surface area contributed by atoms with Crippen LogP contribution in [-0.2, 0) is 20.4 Å². The number of hydrogen-bond acceptors (Lipinski definition) is 10. The van der Waals surface area contributed by atoms with Crippen LogP contribution < -0.4 is 20.3 Å². The summed E-state index contributed by atoms with van der Waals surface area (Å²) in [7, 11) is 0. The van der Waals surface area contributed by atoms with Gasteiger partial charge in [-0.25, -0.2) is 9.48 Å². The SMILES string of the molecule is C=C(CN1CCOCC1)C(=O)Nc1cccc([C@@H]2c3cnn(-c4cccc(OCCCN5CCN(C(=O)OC(C)(C)C)CC5)c4)c3N(CC)C[C@H]2NC(=O)c2cccc(C(F)(F)F)c2)c1. The number of anilines is 2. The van der Waals surface area contributed by atoms with Gasteiger partial charge in [0.05, 0.1) is 43.3 Å². The van der Waals surface area contributed by atoms with Gasteiger partial charge in [0.15, 0.2) is 0 Å². The van der Waals surface area contributed by atoms with E-state index >= 15 is 0 Å². The summed E-state index contributed by atoms with van der Waals surface area (Å²) < 4.78 is 60.1. The molecular weight excluding hydrogens is 842 g/mol. The van der Waals surface area contributed by atoms with Gasteiger partial charge in [0, 0.05) is 99.8 Å². The molecule has 0 spiro atoms. The molecule has 65 heavy (non-hydrogen) atoms. The van der Waals surface area contributed by atoms with E-state index in [4.69, 9.17) is 19.3 Å². The van der Waals surface area contributed by atoms with Crippen molar-refractivity contribution in [3.8, 4) is 11.4 Å². The average molecular weight is 901 g/mol. The summed E-state index contributed by atoms with van der Waals surface area (Å²) in [6, 6.07) is 18.8. The van der Waals surface area contributed by atoms with Crippen LogP contribution in [0.3, 0.4) is 0 Å². The van der Waals surface area contributed by atoms with E-state index in [1.165, 1.54) is 12.1 Å². The normalized spacial score (nSPS) is 18.4. The number of ether oxygens (including phenoxy) is 3. The van der Waals surface area contributed by atoms with E-state index < -0.39 is 35.2 Å². The minimum Gasteiger partial charge on any atom is -0.493 e. The fourth-order valence-corrected chi connectivity index (χ4v) is 8.43. The highest BCUT2D eigenvalue weighted by Crippen LogP contribution is 2.42. The van der Waals surface area contributed by atoms with Crippen LogP contribution in [0.1, 0.15) is 67.1 Å². The summed E-state index contributed by atoms with van der Waals surface area (Å²) in [6.45, 7) is 19.5. The van der Waals surface area contributed by atoms with Gasteiger partial charge in [0.2, 0.25) is 0 Å². The Hall–Kier alpha value is -5.91. The first-order valence-electron chi connectivity index (χ1n) is 22.2. The molecule has 2 N–H and O–H groups in total. The molecule has 0 aliphatic carbocycles. The summed E-state index contributed by atoms with van der Waals surface area (Å²) >= 11 is 0. The number of likely N-dealkylation sites (N-methyl/N-ethyl adjacent to an activating group) is 1. The molecule has 2 fully saturated rings. The van der Waals surface area contributed by atoms with Crippen molar-refractivity contribution in [2.24, 2.45) is 0 Å². The fraction of sp³-hybridized carbons (Fsp3) is 0.458. The van der Waals surface area contributed by atoms with Crippen LogP contribution in [0, 0.1) is 0 Å². The van der Waals surface area contributed by atoms with Gasteiger partial charge in [-0.05, 0) is 82.1 Å². The lowest BCUT2D eigenvalue weighted by Crippen LogP contribution is -2.51. The van der Waals surface area contributed by atoms with E-state index in [1.807, 2.05) is 74.8 Å². The van der Waals surface area contributed by atoms with Crippen LogP contribution in [0.25, 0.3) is 5.69 Å². The number of piperazine rings is 1. The number of aromatic nitrogens is 2. The Morgan fingerprint density at radius 2 is 1.65 bits per heavy atom. The summed E-state index contributed by atoms with van der Waals surface area (Å²) in [5.41, 5.74) is 1.68. The number of nitrogens with zero attached hydrogens (tertiary/aromatic N) is 6. The molecule has 14 nitrogen and oxygen atoms in total. The zero-order valence-corrected chi connectivity index (χ0v) is 37.5. The summed E-state index contributed by atoms with van der Waals surface area (Å²) in [6.07, 6.45) is -2.35. The minimum absolute atomic E-state index is 0.111. The van der Waals surface area contributed by atoms with Crippen molar-refractivity contribution in [2.45, 2.75) is 57.9 Å². The number of amides is 3. The van der Waals surface area contributed by atoms with E-state index in [9.17, 15) is 27.6 Å². The maximum absolute atomic E-state index is 13.8. The minimum atomic E-state index is -4.62. The van der Waals surface area contributed by atoms with Crippen molar-refractivity contribution in [2.75, 3.05) is 95.5 Å². The van der Waals surface area contributed by atoms with Gasteiger partial charge >= 0.3 is 12.3 Å². The molecule has 4 heterocycles. The number of fused-ring (bicyclic) bond motifs is 1. The molecule has 17 heteroatoms. The van der Waals surface area contributed by atoms with Crippen LogP contribution in [0.15, 0.2) is 91.1 Å². The number of hydrogen-bond donors (Lipinski definition) is 2. The molecule has 2 saturated heterocycles. The Balaban J connectivity index is 1.09. The van der Waals surface area contributed by atoms with E-state index in [0.717, 1.165) is 60.8 Å². The van der Waals surface area contributed by atoms with Crippen LogP contribution in [0.2, 0.25) is 0 Å². The molecular formula is C48H59F3N8O6. The molecule has 3 amide bonds. The number of benzene rings is 3. The van der Waals surface area contributed by atoms with Crippen molar-refractivity contribution in [1.29, 1.82) is 0 Å².